The third kappa shape index (κ3) is 4.27. The zero-order valence-corrected chi connectivity index (χ0v) is 15.6. The van der Waals surface area contributed by atoms with E-state index in [1.165, 1.54) is 0 Å². The molecule has 0 heterocycles. The lowest BCUT2D eigenvalue weighted by molar-refractivity contribution is -0.203. The van der Waals surface area contributed by atoms with Crippen molar-refractivity contribution in [2.24, 2.45) is 23.2 Å². The van der Waals surface area contributed by atoms with E-state index in [4.69, 9.17) is 14.2 Å². The van der Waals surface area contributed by atoms with Crippen molar-refractivity contribution in [1.82, 2.24) is 0 Å². The third-order valence-corrected chi connectivity index (χ3v) is 5.61. The number of esters is 1. The summed E-state index contributed by atoms with van der Waals surface area (Å²) in [6.45, 7) is 12.9. The van der Waals surface area contributed by atoms with E-state index in [1.54, 1.807) is 0 Å². The van der Waals surface area contributed by atoms with Crippen LogP contribution in [0.25, 0.3) is 0 Å². The van der Waals surface area contributed by atoms with Crippen molar-refractivity contribution in [3.8, 4) is 0 Å². The van der Waals surface area contributed by atoms with Gasteiger partial charge in [0.15, 0.2) is 6.29 Å². The molecule has 0 aromatic carbocycles. The fourth-order valence-corrected chi connectivity index (χ4v) is 3.65. The molecule has 0 aliphatic heterocycles. The first-order chi connectivity index (χ1) is 10.8. The Balaban J connectivity index is 1.86. The molecule has 23 heavy (non-hydrogen) atoms. The lowest BCUT2D eigenvalue weighted by Gasteiger charge is -2.33. The second kappa shape index (κ2) is 7.52. The minimum atomic E-state index is -0.380. The van der Waals surface area contributed by atoms with Gasteiger partial charge in [0, 0.05) is 12.5 Å². The molecule has 4 heteroatoms. The molecule has 2 aliphatic rings. The van der Waals surface area contributed by atoms with Gasteiger partial charge in [-0.15, -0.1) is 0 Å². The zero-order chi connectivity index (χ0) is 17.2. The number of hydrogen-bond donors (Lipinski definition) is 0. The van der Waals surface area contributed by atoms with E-state index in [0.717, 1.165) is 25.7 Å². The van der Waals surface area contributed by atoms with E-state index in [9.17, 15) is 4.79 Å². The van der Waals surface area contributed by atoms with Crippen LogP contribution in [0.3, 0.4) is 0 Å². The molecule has 0 radical (unpaired) electrons. The highest BCUT2D eigenvalue weighted by Crippen LogP contribution is 2.48. The van der Waals surface area contributed by atoms with Crippen LogP contribution in [-0.4, -0.2) is 31.1 Å². The zero-order valence-electron chi connectivity index (χ0n) is 15.6. The summed E-state index contributed by atoms with van der Waals surface area (Å²) in [4.78, 5) is 12.3. The molecule has 5 atom stereocenters. The monoisotopic (exact) mass is 326 g/mol. The Labute approximate surface area is 141 Å². The first-order valence-electron chi connectivity index (χ1n) is 9.26. The highest BCUT2D eigenvalue weighted by Gasteiger charge is 2.49. The lowest BCUT2D eigenvalue weighted by Crippen LogP contribution is -2.37. The van der Waals surface area contributed by atoms with Crippen LogP contribution >= 0.6 is 0 Å². The number of hydrogen-bond acceptors (Lipinski definition) is 4. The average Bonchev–Trinajstić information content (AvgIpc) is 3.06. The number of rotatable bonds is 8. The topological polar surface area (TPSA) is 44.8 Å². The molecule has 2 bridgehead atoms. The molecule has 0 saturated heterocycles. The van der Waals surface area contributed by atoms with Crippen LogP contribution in [0, 0.1) is 23.2 Å². The van der Waals surface area contributed by atoms with Gasteiger partial charge in [-0.3, -0.25) is 4.79 Å². The van der Waals surface area contributed by atoms with Gasteiger partial charge in [0.05, 0.1) is 11.5 Å². The van der Waals surface area contributed by atoms with Crippen molar-refractivity contribution in [2.45, 2.75) is 85.7 Å². The Bertz CT molecular complexity index is 404. The van der Waals surface area contributed by atoms with Gasteiger partial charge in [-0.25, -0.2) is 0 Å². The quantitative estimate of drug-likeness (QED) is 0.496. The summed E-state index contributed by atoms with van der Waals surface area (Å²) in [5.74, 6) is 1.26. The van der Waals surface area contributed by atoms with Crippen LogP contribution in [0.15, 0.2) is 0 Å². The summed E-state index contributed by atoms with van der Waals surface area (Å²) in [5, 5.41) is 0. The fraction of sp³-hybridized carbons (Fsp3) is 0.947. The van der Waals surface area contributed by atoms with Gasteiger partial charge in [0.2, 0.25) is 0 Å². The minimum absolute atomic E-state index is 0.0515. The predicted octanol–water partition coefficient (Wildman–Crippen LogP) is 4.17. The summed E-state index contributed by atoms with van der Waals surface area (Å²) in [6, 6.07) is 0. The van der Waals surface area contributed by atoms with Crippen molar-refractivity contribution in [3.63, 3.8) is 0 Å². The van der Waals surface area contributed by atoms with E-state index in [1.807, 2.05) is 27.7 Å². The average molecular weight is 326 g/mol. The van der Waals surface area contributed by atoms with Crippen LogP contribution in [0.4, 0.5) is 0 Å². The number of fused-ring (bicyclic) bond motifs is 2. The van der Waals surface area contributed by atoms with Gasteiger partial charge < -0.3 is 14.2 Å². The maximum Gasteiger partial charge on any atom is 0.311 e. The molecule has 0 aromatic heterocycles. The van der Waals surface area contributed by atoms with Gasteiger partial charge in [-0.2, -0.15) is 0 Å². The van der Waals surface area contributed by atoms with E-state index < -0.39 is 0 Å². The summed E-state index contributed by atoms with van der Waals surface area (Å²) in [5.41, 5.74) is -0.380. The lowest BCUT2D eigenvalue weighted by atomic mass is 9.90. The summed E-state index contributed by atoms with van der Waals surface area (Å²) < 4.78 is 17.8. The van der Waals surface area contributed by atoms with Crippen LogP contribution in [0.5, 0.6) is 0 Å². The Morgan fingerprint density at radius 2 is 1.70 bits per heavy atom. The van der Waals surface area contributed by atoms with Crippen molar-refractivity contribution in [2.75, 3.05) is 6.61 Å². The highest BCUT2D eigenvalue weighted by molar-refractivity contribution is 5.76. The smallest absolute Gasteiger partial charge is 0.311 e. The highest BCUT2D eigenvalue weighted by atomic mass is 16.7. The Morgan fingerprint density at radius 1 is 1.09 bits per heavy atom. The molecule has 4 nitrogen and oxygen atoms in total. The van der Waals surface area contributed by atoms with Crippen LogP contribution in [-0.2, 0) is 19.0 Å². The van der Waals surface area contributed by atoms with Crippen LogP contribution in [0.2, 0.25) is 0 Å². The van der Waals surface area contributed by atoms with E-state index >= 15 is 0 Å². The molecule has 5 unspecified atom stereocenters. The molecule has 2 fully saturated rings. The maximum atomic E-state index is 12.3. The Kier molecular flexibility index (Phi) is 6.12. The fourth-order valence-electron chi connectivity index (χ4n) is 3.65. The molecular formula is C19H34O4. The summed E-state index contributed by atoms with van der Waals surface area (Å²) in [6.07, 6.45) is 4.08. The Morgan fingerprint density at radius 3 is 2.17 bits per heavy atom. The van der Waals surface area contributed by atoms with Crippen molar-refractivity contribution in [1.29, 1.82) is 0 Å². The van der Waals surface area contributed by atoms with E-state index in [2.05, 4.69) is 13.8 Å². The molecule has 134 valence electrons. The first kappa shape index (κ1) is 18.7. The maximum absolute atomic E-state index is 12.3. The Hall–Kier alpha value is -0.610. The summed E-state index contributed by atoms with van der Waals surface area (Å²) in [7, 11) is 0. The van der Waals surface area contributed by atoms with Crippen LogP contribution < -0.4 is 0 Å². The molecule has 2 rings (SSSR count). The van der Waals surface area contributed by atoms with E-state index in [-0.39, 0.29) is 29.9 Å². The third-order valence-electron chi connectivity index (χ3n) is 5.61. The normalized spacial score (nSPS) is 31.6. The van der Waals surface area contributed by atoms with Crippen LogP contribution in [0.1, 0.15) is 67.2 Å². The molecule has 0 aromatic rings. The van der Waals surface area contributed by atoms with Crippen molar-refractivity contribution < 1.29 is 19.0 Å². The standard InChI is InChI=1S/C19H34O4/c1-7-19(5,6)18(20)23-16-11-13-9-14(16)10-15(13)22-17(12(3)4)21-8-2/h12-17H,7-11H2,1-6H3. The number of ether oxygens (including phenoxy) is 3. The molecule has 2 aliphatic carbocycles. The number of carbonyl (C=O) groups excluding carboxylic acids is 1. The van der Waals surface area contributed by atoms with Gasteiger partial charge in [0.1, 0.15) is 6.10 Å². The summed E-state index contributed by atoms with van der Waals surface area (Å²) >= 11 is 0. The molecular weight excluding hydrogens is 292 g/mol. The van der Waals surface area contributed by atoms with Gasteiger partial charge in [0.25, 0.3) is 0 Å². The molecule has 0 N–H and O–H groups in total. The van der Waals surface area contributed by atoms with Crippen molar-refractivity contribution in [3.05, 3.63) is 0 Å². The van der Waals surface area contributed by atoms with Gasteiger partial charge in [-0.1, -0.05) is 20.8 Å². The predicted molar refractivity (Wildman–Crippen MR) is 89.9 cm³/mol. The molecule has 0 spiro atoms. The molecule has 2 saturated carbocycles. The SMILES string of the molecule is CCOC(OC1CC2CC1CC2OC(=O)C(C)(C)CC)C(C)C. The number of carbonyl (C=O) groups is 1. The second-order valence-corrected chi connectivity index (χ2v) is 8.15. The van der Waals surface area contributed by atoms with Gasteiger partial charge in [-0.05, 0) is 58.3 Å². The van der Waals surface area contributed by atoms with E-state index in [0.29, 0.717) is 24.4 Å². The van der Waals surface area contributed by atoms with Gasteiger partial charge >= 0.3 is 5.97 Å². The van der Waals surface area contributed by atoms with Crippen molar-refractivity contribution >= 4 is 5.97 Å². The minimum Gasteiger partial charge on any atom is -0.462 e. The largest absolute Gasteiger partial charge is 0.462 e. The molecule has 0 amide bonds. The first-order valence-corrected chi connectivity index (χ1v) is 9.26. The second-order valence-electron chi connectivity index (χ2n) is 8.15.